The van der Waals surface area contributed by atoms with E-state index in [4.69, 9.17) is 4.74 Å². The third-order valence-corrected chi connectivity index (χ3v) is 5.62. The lowest BCUT2D eigenvalue weighted by molar-refractivity contribution is 0.415. The smallest absolute Gasteiger partial charge is 0.332 e. The van der Waals surface area contributed by atoms with Crippen molar-refractivity contribution in [2.75, 3.05) is 18.6 Å². The minimum Gasteiger partial charge on any atom is -0.497 e. The van der Waals surface area contributed by atoms with Crippen LogP contribution < -0.4 is 20.9 Å². The number of imidazole rings is 1. The average molecular weight is 421 g/mol. The number of anilines is 2. The Morgan fingerprint density at radius 2 is 1.87 bits per heavy atom. The Balaban J connectivity index is 1.65. The van der Waals surface area contributed by atoms with Crippen LogP contribution in [0.1, 0.15) is 5.56 Å². The van der Waals surface area contributed by atoms with Gasteiger partial charge in [0.15, 0.2) is 11.2 Å². The van der Waals surface area contributed by atoms with Gasteiger partial charge in [-0.3, -0.25) is 13.9 Å². The second kappa shape index (κ2) is 7.12. The molecule has 0 N–H and O–H groups in total. The van der Waals surface area contributed by atoms with Gasteiger partial charge in [-0.05, 0) is 29.8 Å². The van der Waals surface area contributed by atoms with Crippen LogP contribution in [0.3, 0.4) is 0 Å². The second-order valence-corrected chi connectivity index (χ2v) is 7.45. The molecule has 2 aromatic heterocycles. The van der Waals surface area contributed by atoms with E-state index in [-0.39, 0.29) is 12.4 Å². The van der Waals surface area contributed by atoms with Crippen molar-refractivity contribution in [3.8, 4) is 5.75 Å². The van der Waals surface area contributed by atoms with Gasteiger partial charge in [0.2, 0.25) is 5.95 Å². The molecule has 0 spiro atoms. The Hall–Kier alpha value is -3.88. The van der Waals surface area contributed by atoms with Gasteiger partial charge in [0.05, 0.1) is 13.7 Å². The first-order valence-corrected chi connectivity index (χ1v) is 9.84. The van der Waals surface area contributed by atoms with E-state index in [1.165, 1.54) is 21.3 Å². The number of fused-ring (bicyclic) bond motifs is 3. The molecular formula is C22H20FN5O3. The lowest BCUT2D eigenvalue weighted by Gasteiger charge is -2.16. The van der Waals surface area contributed by atoms with Crippen molar-refractivity contribution >= 4 is 22.8 Å². The number of aromatic nitrogens is 4. The fraction of sp³-hybridized carbons (Fsp3) is 0.227. The zero-order valence-corrected chi connectivity index (χ0v) is 17.1. The lowest BCUT2D eigenvalue weighted by atomic mass is 10.2. The average Bonchev–Trinajstić information content (AvgIpc) is 3.36. The van der Waals surface area contributed by atoms with E-state index < -0.39 is 11.2 Å². The van der Waals surface area contributed by atoms with Gasteiger partial charge in [-0.15, -0.1) is 0 Å². The molecule has 0 atom stereocenters. The van der Waals surface area contributed by atoms with Crippen LogP contribution in [0.25, 0.3) is 11.2 Å². The van der Waals surface area contributed by atoms with Gasteiger partial charge >= 0.3 is 5.69 Å². The molecule has 0 saturated carbocycles. The Kier molecular flexibility index (Phi) is 4.39. The standard InChI is InChI=1S/C22H20FN5O3/c1-25-19-18(20(29)28(22(25)30)13-14-6-8-15(23)9-7-14)27-11-10-26(21(27)24-19)16-4-3-5-17(12-16)31-2/h3-9,12H,10-11,13H2,1-2H3. The summed E-state index contributed by atoms with van der Waals surface area (Å²) in [6, 6.07) is 13.4. The monoisotopic (exact) mass is 421 g/mol. The van der Waals surface area contributed by atoms with Crippen LogP contribution in [0.15, 0.2) is 58.1 Å². The SMILES string of the molecule is COc1cccc(N2CCn3c2nc2c3c(=O)n(Cc3ccc(F)cc3)c(=O)n2C)c1. The van der Waals surface area contributed by atoms with Crippen molar-refractivity contribution in [2.45, 2.75) is 13.1 Å². The molecule has 0 bridgehead atoms. The summed E-state index contributed by atoms with van der Waals surface area (Å²) >= 11 is 0. The number of aryl methyl sites for hydroxylation is 1. The Morgan fingerprint density at radius 1 is 1.10 bits per heavy atom. The Labute approximate surface area is 176 Å². The third kappa shape index (κ3) is 3.00. The van der Waals surface area contributed by atoms with Gasteiger partial charge < -0.3 is 14.2 Å². The molecule has 158 valence electrons. The molecule has 31 heavy (non-hydrogen) atoms. The molecule has 8 nitrogen and oxygen atoms in total. The molecular weight excluding hydrogens is 401 g/mol. The first-order valence-electron chi connectivity index (χ1n) is 9.84. The lowest BCUT2D eigenvalue weighted by Crippen LogP contribution is -2.40. The quantitative estimate of drug-likeness (QED) is 0.505. The molecule has 5 rings (SSSR count). The zero-order chi connectivity index (χ0) is 21.7. The number of ether oxygens (including phenoxy) is 1. The predicted octanol–water partition coefficient (Wildman–Crippen LogP) is 2.24. The summed E-state index contributed by atoms with van der Waals surface area (Å²) in [6.07, 6.45) is 0. The fourth-order valence-electron chi connectivity index (χ4n) is 4.01. The van der Waals surface area contributed by atoms with Crippen LogP contribution in [-0.4, -0.2) is 32.3 Å². The van der Waals surface area contributed by atoms with E-state index in [2.05, 4.69) is 4.98 Å². The molecule has 0 amide bonds. The minimum atomic E-state index is -0.466. The summed E-state index contributed by atoms with van der Waals surface area (Å²) in [5.41, 5.74) is 1.40. The number of halogens is 1. The summed E-state index contributed by atoms with van der Waals surface area (Å²) in [5, 5.41) is 0. The summed E-state index contributed by atoms with van der Waals surface area (Å²) in [4.78, 5) is 32.9. The molecule has 9 heteroatoms. The first kappa shape index (κ1) is 19.1. The van der Waals surface area contributed by atoms with Gasteiger partial charge in [0, 0.05) is 31.9 Å². The first-order chi connectivity index (χ1) is 15.0. The van der Waals surface area contributed by atoms with E-state index in [0.29, 0.717) is 35.8 Å². The molecule has 2 aromatic carbocycles. The highest BCUT2D eigenvalue weighted by Crippen LogP contribution is 2.33. The number of hydrogen-bond donors (Lipinski definition) is 0. The Morgan fingerprint density at radius 3 is 2.61 bits per heavy atom. The highest BCUT2D eigenvalue weighted by atomic mass is 19.1. The van der Waals surface area contributed by atoms with E-state index >= 15 is 0 Å². The normalized spacial score (nSPS) is 13.1. The molecule has 1 aliphatic heterocycles. The van der Waals surface area contributed by atoms with Gasteiger partial charge in [0.25, 0.3) is 5.56 Å². The third-order valence-electron chi connectivity index (χ3n) is 5.62. The number of nitrogens with zero attached hydrogens (tertiary/aromatic N) is 5. The molecule has 0 fully saturated rings. The molecule has 0 saturated heterocycles. The topological polar surface area (TPSA) is 74.3 Å². The minimum absolute atomic E-state index is 0.0574. The second-order valence-electron chi connectivity index (χ2n) is 7.45. The van der Waals surface area contributed by atoms with Crippen LogP contribution >= 0.6 is 0 Å². The fourth-order valence-corrected chi connectivity index (χ4v) is 4.01. The van der Waals surface area contributed by atoms with Crippen LogP contribution in [-0.2, 0) is 20.1 Å². The summed E-state index contributed by atoms with van der Waals surface area (Å²) in [5.74, 6) is 0.960. The van der Waals surface area contributed by atoms with E-state index in [1.807, 2.05) is 33.7 Å². The molecule has 3 heterocycles. The van der Waals surface area contributed by atoms with Crippen molar-refractivity contribution in [1.82, 2.24) is 18.7 Å². The van der Waals surface area contributed by atoms with Crippen molar-refractivity contribution in [3.63, 3.8) is 0 Å². The summed E-state index contributed by atoms with van der Waals surface area (Å²) < 4.78 is 22.9. The summed E-state index contributed by atoms with van der Waals surface area (Å²) in [6.45, 7) is 1.26. The van der Waals surface area contributed by atoms with Crippen molar-refractivity contribution in [1.29, 1.82) is 0 Å². The molecule has 1 aliphatic rings. The summed E-state index contributed by atoms with van der Waals surface area (Å²) in [7, 11) is 3.21. The van der Waals surface area contributed by atoms with Gasteiger partial charge in [0.1, 0.15) is 11.6 Å². The van der Waals surface area contributed by atoms with E-state index in [1.54, 1.807) is 26.3 Å². The van der Waals surface area contributed by atoms with Crippen LogP contribution in [0, 0.1) is 5.82 Å². The molecule has 4 aromatic rings. The largest absolute Gasteiger partial charge is 0.497 e. The van der Waals surface area contributed by atoms with Crippen molar-refractivity contribution in [3.05, 3.63) is 80.7 Å². The van der Waals surface area contributed by atoms with Crippen LogP contribution in [0.2, 0.25) is 0 Å². The number of benzene rings is 2. The maximum atomic E-state index is 13.3. The zero-order valence-electron chi connectivity index (χ0n) is 17.1. The van der Waals surface area contributed by atoms with Crippen molar-refractivity contribution in [2.24, 2.45) is 7.05 Å². The van der Waals surface area contributed by atoms with Gasteiger partial charge in [-0.2, -0.15) is 4.98 Å². The highest BCUT2D eigenvalue weighted by molar-refractivity contribution is 5.78. The maximum Gasteiger partial charge on any atom is 0.332 e. The van der Waals surface area contributed by atoms with Crippen LogP contribution in [0.4, 0.5) is 16.0 Å². The van der Waals surface area contributed by atoms with E-state index in [9.17, 15) is 14.0 Å². The molecule has 0 radical (unpaired) electrons. The molecule has 0 unspecified atom stereocenters. The predicted molar refractivity (Wildman–Crippen MR) is 115 cm³/mol. The van der Waals surface area contributed by atoms with Crippen LogP contribution in [0.5, 0.6) is 5.75 Å². The highest BCUT2D eigenvalue weighted by Gasteiger charge is 2.29. The maximum absolute atomic E-state index is 13.3. The van der Waals surface area contributed by atoms with Gasteiger partial charge in [-0.1, -0.05) is 18.2 Å². The number of methoxy groups -OCH3 is 1. The Bertz CT molecular complexity index is 1420. The number of hydrogen-bond acceptors (Lipinski definition) is 5. The molecule has 0 aliphatic carbocycles. The van der Waals surface area contributed by atoms with Crippen molar-refractivity contribution < 1.29 is 9.13 Å². The van der Waals surface area contributed by atoms with E-state index in [0.717, 1.165) is 11.4 Å². The van der Waals surface area contributed by atoms with Gasteiger partial charge in [-0.25, -0.2) is 9.18 Å². The number of rotatable bonds is 4.